The molecular weight excluding hydrogens is 244 g/mol. The van der Waals surface area contributed by atoms with Crippen LogP contribution in [0.2, 0.25) is 0 Å². The highest BCUT2D eigenvalue weighted by molar-refractivity contribution is 5.58. The summed E-state index contributed by atoms with van der Waals surface area (Å²) in [7, 11) is 0. The monoisotopic (exact) mass is 254 g/mol. The molecule has 3 rings (SSSR count). The van der Waals surface area contributed by atoms with E-state index in [0.717, 1.165) is 0 Å². The molecule has 0 bridgehead atoms. The second-order valence-electron chi connectivity index (χ2n) is 3.98. The van der Waals surface area contributed by atoms with Crippen LogP contribution in [-0.4, -0.2) is 6.79 Å². The van der Waals surface area contributed by atoms with Gasteiger partial charge in [-0.3, -0.25) is 0 Å². The zero-order valence-corrected chi connectivity index (χ0v) is 9.92. The maximum absolute atomic E-state index is 8.80. The molecule has 0 saturated heterocycles. The van der Waals surface area contributed by atoms with E-state index in [-0.39, 0.29) is 6.79 Å². The van der Waals surface area contributed by atoms with Gasteiger partial charge in [-0.05, 0) is 24.3 Å². The van der Waals surface area contributed by atoms with Gasteiger partial charge >= 0.3 is 0 Å². The fourth-order valence-corrected chi connectivity index (χ4v) is 1.78. The van der Waals surface area contributed by atoms with Crippen molar-refractivity contribution >= 4 is 5.69 Å². The maximum Gasteiger partial charge on any atom is 0.231 e. The van der Waals surface area contributed by atoms with Gasteiger partial charge in [0, 0.05) is 12.1 Å². The Hall–Kier alpha value is -2.87. The normalized spacial score (nSPS) is 11.9. The van der Waals surface area contributed by atoms with Crippen LogP contribution in [0.25, 0.3) is 0 Å². The summed E-state index contributed by atoms with van der Waals surface area (Å²) in [6, 6.07) is 12.2. The van der Waals surface area contributed by atoms with Crippen LogP contribution in [0, 0.1) is 11.3 Å². The van der Waals surface area contributed by atoms with Crippen molar-refractivity contribution in [3.05, 3.63) is 42.0 Å². The van der Waals surface area contributed by atoms with Gasteiger partial charge < -0.3 is 19.9 Å². The number of nitrogens with zero attached hydrogens (tertiary/aromatic N) is 1. The van der Waals surface area contributed by atoms with E-state index in [9.17, 15) is 0 Å². The summed E-state index contributed by atoms with van der Waals surface area (Å²) in [6.45, 7) is 0.225. The number of hydrogen-bond donors (Lipinski definition) is 1. The highest BCUT2D eigenvalue weighted by atomic mass is 16.7. The molecule has 94 valence electrons. The number of rotatable bonds is 2. The molecule has 5 nitrogen and oxygen atoms in total. The van der Waals surface area contributed by atoms with Gasteiger partial charge in [0.15, 0.2) is 11.5 Å². The van der Waals surface area contributed by atoms with Crippen molar-refractivity contribution in [3.63, 3.8) is 0 Å². The highest BCUT2D eigenvalue weighted by Gasteiger charge is 2.14. The van der Waals surface area contributed by atoms with Crippen LogP contribution in [0.4, 0.5) is 5.69 Å². The Bertz CT molecular complexity index is 668. The molecule has 0 aliphatic carbocycles. The summed E-state index contributed by atoms with van der Waals surface area (Å²) in [6.07, 6.45) is 0. The van der Waals surface area contributed by atoms with Crippen molar-refractivity contribution < 1.29 is 14.2 Å². The molecule has 0 fully saturated rings. The Morgan fingerprint density at radius 2 is 1.79 bits per heavy atom. The lowest BCUT2D eigenvalue weighted by Crippen LogP contribution is -1.93. The van der Waals surface area contributed by atoms with Crippen molar-refractivity contribution in [1.29, 1.82) is 5.26 Å². The molecule has 0 aromatic heterocycles. The lowest BCUT2D eigenvalue weighted by Gasteiger charge is -2.07. The van der Waals surface area contributed by atoms with Crippen LogP contribution in [0.15, 0.2) is 36.4 Å². The molecule has 2 aromatic rings. The first-order valence-electron chi connectivity index (χ1n) is 5.63. The number of hydrogen-bond acceptors (Lipinski definition) is 5. The van der Waals surface area contributed by atoms with Gasteiger partial charge in [0.2, 0.25) is 6.79 Å². The molecule has 2 N–H and O–H groups in total. The molecule has 0 amide bonds. The van der Waals surface area contributed by atoms with E-state index in [4.69, 9.17) is 25.2 Å². The van der Waals surface area contributed by atoms with Crippen molar-refractivity contribution in [1.82, 2.24) is 0 Å². The molecule has 1 aliphatic rings. The van der Waals surface area contributed by atoms with Gasteiger partial charge in [-0.25, -0.2) is 0 Å². The first-order valence-corrected chi connectivity index (χ1v) is 5.63. The number of fused-ring (bicyclic) bond motifs is 1. The Morgan fingerprint density at radius 3 is 2.58 bits per heavy atom. The smallest absolute Gasteiger partial charge is 0.231 e. The summed E-state index contributed by atoms with van der Waals surface area (Å²) < 4.78 is 16.1. The second-order valence-corrected chi connectivity index (χ2v) is 3.98. The third kappa shape index (κ3) is 2.11. The van der Waals surface area contributed by atoms with E-state index in [1.54, 1.807) is 36.4 Å². The van der Waals surface area contributed by atoms with Crippen molar-refractivity contribution in [2.24, 2.45) is 0 Å². The quantitative estimate of drug-likeness (QED) is 0.833. The molecule has 1 aliphatic heterocycles. The van der Waals surface area contributed by atoms with Crippen LogP contribution >= 0.6 is 0 Å². The number of ether oxygens (including phenoxy) is 3. The van der Waals surface area contributed by atoms with Crippen molar-refractivity contribution in [2.45, 2.75) is 0 Å². The van der Waals surface area contributed by atoms with Gasteiger partial charge in [-0.1, -0.05) is 0 Å². The minimum absolute atomic E-state index is 0.225. The summed E-state index contributed by atoms with van der Waals surface area (Å²) in [5.74, 6) is 2.54. The van der Waals surface area contributed by atoms with Crippen LogP contribution < -0.4 is 19.9 Å². The van der Waals surface area contributed by atoms with E-state index in [1.165, 1.54) is 0 Å². The number of nitrogens with two attached hydrogens (primary N) is 1. The summed E-state index contributed by atoms with van der Waals surface area (Å²) in [5, 5.41) is 8.80. The molecule has 0 saturated carbocycles. The first kappa shape index (κ1) is 11.2. The molecule has 0 spiro atoms. The zero-order chi connectivity index (χ0) is 13.2. The van der Waals surface area contributed by atoms with E-state index in [2.05, 4.69) is 0 Å². The summed E-state index contributed by atoms with van der Waals surface area (Å²) in [4.78, 5) is 0. The van der Waals surface area contributed by atoms with Crippen LogP contribution in [-0.2, 0) is 0 Å². The predicted octanol–water partition coefficient (Wildman–Crippen LogP) is 2.66. The number of nitriles is 1. The van der Waals surface area contributed by atoms with E-state index < -0.39 is 0 Å². The zero-order valence-electron chi connectivity index (χ0n) is 9.92. The minimum Gasteiger partial charge on any atom is -0.457 e. The van der Waals surface area contributed by atoms with Crippen LogP contribution in [0.1, 0.15) is 5.56 Å². The first-order chi connectivity index (χ1) is 9.26. The molecule has 5 heteroatoms. The van der Waals surface area contributed by atoms with Gasteiger partial charge in [-0.15, -0.1) is 0 Å². The fourth-order valence-electron chi connectivity index (χ4n) is 1.78. The third-order valence-electron chi connectivity index (χ3n) is 2.72. The van der Waals surface area contributed by atoms with E-state index in [0.29, 0.717) is 34.2 Å². The molecule has 1 heterocycles. The number of benzene rings is 2. The van der Waals surface area contributed by atoms with Crippen LogP contribution in [0.5, 0.6) is 23.0 Å². The molecule has 19 heavy (non-hydrogen) atoms. The molecule has 0 atom stereocenters. The highest BCUT2D eigenvalue weighted by Crippen LogP contribution is 2.36. The standard InChI is InChI=1S/C14H10N2O3/c15-7-9-1-2-10(5-12(9)16)19-11-3-4-13-14(6-11)18-8-17-13/h1-6H,8,16H2. The summed E-state index contributed by atoms with van der Waals surface area (Å²) >= 11 is 0. The van der Waals surface area contributed by atoms with E-state index in [1.807, 2.05) is 6.07 Å². The average molecular weight is 254 g/mol. The second kappa shape index (κ2) is 4.42. The largest absolute Gasteiger partial charge is 0.457 e. The van der Waals surface area contributed by atoms with Gasteiger partial charge in [0.25, 0.3) is 0 Å². The lowest BCUT2D eigenvalue weighted by molar-refractivity contribution is 0.174. The Balaban J connectivity index is 1.85. The van der Waals surface area contributed by atoms with Gasteiger partial charge in [-0.2, -0.15) is 5.26 Å². The van der Waals surface area contributed by atoms with Crippen molar-refractivity contribution in [3.8, 4) is 29.1 Å². The SMILES string of the molecule is N#Cc1ccc(Oc2ccc3c(c2)OCO3)cc1N. The Kier molecular flexibility index (Phi) is 2.62. The molecule has 0 unspecified atom stereocenters. The number of anilines is 1. The van der Waals surface area contributed by atoms with E-state index >= 15 is 0 Å². The summed E-state index contributed by atoms with van der Waals surface area (Å²) in [5.41, 5.74) is 6.55. The Labute approximate surface area is 109 Å². The number of nitrogen functional groups attached to an aromatic ring is 1. The molecular formula is C14H10N2O3. The third-order valence-corrected chi connectivity index (χ3v) is 2.72. The van der Waals surface area contributed by atoms with Gasteiger partial charge in [0.1, 0.15) is 17.6 Å². The lowest BCUT2D eigenvalue weighted by atomic mass is 10.2. The topological polar surface area (TPSA) is 77.5 Å². The molecule has 0 radical (unpaired) electrons. The molecule has 2 aromatic carbocycles. The maximum atomic E-state index is 8.80. The average Bonchev–Trinajstić information content (AvgIpc) is 2.86. The van der Waals surface area contributed by atoms with Crippen molar-refractivity contribution in [2.75, 3.05) is 12.5 Å². The van der Waals surface area contributed by atoms with Crippen LogP contribution in [0.3, 0.4) is 0 Å². The Morgan fingerprint density at radius 1 is 1.05 bits per heavy atom. The predicted molar refractivity (Wildman–Crippen MR) is 68.2 cm³/mol. The van der Waals surface area contributed by atoms with Gasteiger partial charge in [0.05, 0.1) is 11.3 Å². The fraction of sp³-hybridized carbons (Fsp3) is 0.0714. The minimum atomic E-state index is 0.225.